The van der Waals surface area contributed by atoms with Gasteiger partial charge in [0, 0.05) is 25.2 Å². The fraction of sp³-hybridized carbons (Fsp3) is 0.400. The number of piperazine rings is 1. The molecule has 0 aliphatic carbocycles. The van der Waals surface area contributed by atoms with E-state index in [-0.39, 0.29) is 29.7 Å². The van der Waals surface area contributed by atoms with Gasteiger partial charge in [-0.15, -0.1) is 0 Å². The molecule has 2 saturated heterocycles. The lowest BCUT2D eigenvalue weighted by Crippen LogP contribution is -2.57. The Morgan fingerprint density at radius 2 is 1.96 bits per heavy atom. The number of fused-ring (bicyclic) bond motifs is 2. The summed E-state index contributed by atoms with van der Waals surface area (Å²) in [4.78, 5) is 13.6. The van der Waals surface area contributed by atoms with E-state index in [0.717, 1.165) is 0 Å². The van der Waals surface area contributed by atoms with E-state index in [2.05, 4.69) is 15.4 Å². The zero-order valence-electron chi connectivity index (χ0n) is 13.5. The normalized spacial score (nSPS) is 23.4. The zero-order chi connectivity index (χ0) is 18.5. The van der Waals surface area contributed by atoms with Crippen molar-refractivity contribution in [3.8, 4) is 0 Å². The first-order valence-electron chi connectivity index (χ1n) is 8.02. The SMILES string of the molecule is O=C(c1cn[nH]n1)N1CC2CCC(C1)N2S(=O)(=O)c1cccc(Cl)c1F. The van der Waals surface area contributed by atoms with Gasteiger partial charge in [0.15, 0.2) is 11.5 Å². The number of likely N-dealkylation sites (tertiary alicyclic amines) is 1. The molecule has 2 aromatic rings. The Labute approximate surface area is 154 Å². The third-order valence-corrected chi connectivity index (χ3v) is 7.12. The highest BCUT2D eigenvalue weighted by molar-refractivity contribution is 7.89. The molecule has 8 nitrogen and oxygen atoms in total. The summed E-state index contributed by atoms with van der Waals surface area (Å²) in [6, 6.07) is 3.10. The number of halogens is 2. The molecule has 1 aromatic carbocycles. The molecule has 0 saturated carbocycles. The number of amides is 1. The van der Waals surface area contributed by atoms with Crippen molar-refractivity contribution in [3.05, 3.63) is 40.9 Å². The number of sulfonamides is 1. The molecule has 2 fully saturated rings. The molecule has 0 spiro atoms. The van der Waals surface area contributed by atoms with Gasteiger partial charge in [0.2, 0.25) is 10.0 Å². The minimum atomic E-state index is -4.05. The number of H-pyrrole nitrogens is 1. The van der Waals surface area contributed by atoms with Crippen LogP contribution >= 0.6 is 11.6 Å². The smallest absolute Gasteiger partial charge is 0.276 e. The summed E-state index contributed by atoms with van der Waals surface area (Å²) in [5, 5.41) is 9.54. The van der Waals surface area contributed by atoms with Gasteiger partial charge < -0.3 is 4.90 Å². The molecule has 138 valence electrons. The van der Waals surface area contributed by atoms with Crippen LogP contribution in [0, 0.1) is 5.82 Å². The molecule has 1 aromatic heterocycles. The highest BCUT2D eigenvalue weighted by Gasteiger charge is 2.48. The lowest BCUT2D eigenvalue weighted by Gasteiger charge is -2.39. The van der Waals surface area contributed by atoms with Crippen LogP contribution in [0.3, 0.4) is 0 Å². The Hall–Kier alpha value is -2.04. The molecule has 2 bridgehead atoms. The van der Waals surface area contributed by atoms with Crippen LogP contribution in [0.25, 0.3) is 0 Å². The van der Waals surface area contributed by atoms with Crippen molar-refractivity contribution in [3.63, 3.8) is 0 Å². The van der Waals surface area contributed by atoms with Gasteiger partial charge in [-0.05, 0) is 25.0 Å². The number of hydrogen-bond acceptors (Lipinski definition) is 5. The van der Waals surface area contributed by atoms with Gasteiger partial charge in [-0.3, -0.25) is 4.79 Å². The Balaban J connectivity index is 1.62. The van der Waals surface area contributed by atoms with Crippen LogP contribution in [-0.2, 0) is 10.0 Å². The van der Waals surface area contributed by atoms with Crippen LogP contribution in [0.1, 0.15) is 23.3 Å². The van der Waals surface area contributed by atoms with E-state index < -0.39 is 32.8 Å². The maximum absolute atomic E-state index is 14.3. The van der Waals surface area contributed by atoms with Gasteiger partial charge >= 0.3 is 0 Å². The summed E-state index contributed by atoms with van der Waals surface area (Å²) in [6.07, 6.45) is 2.54. The number of carbonyl (C=O) groups excluding carboxylic acids is 1. The van der Waals surface area contributed by atoms with Gasteiger partial charge in [0.1, 0.15) is 4.90 Å². The number of nitrogens with one attached hydrogen (secondary N) is 1. The number of aromatic amines is 1. The summed E-state index contributed by atoms with van der Waals surface area (Å²) >= 11 is 5.74. The molecular formula is C15H15ClFN5O3S. The number of rotatable bonds is 3. The first-order valence-corrected chi connectivity index (χ1v) is 9.84. The molecule has 26 heavy (non-hydrogen) atoms. The van der Waals surface area contributed by atoms with Crippen LogP contribution < -0.4 is 0 Å². The molecule has 0 radical (unpaired) electrons. The van der Waals surface area contributed by atoms with Crippen molar-refractivity contribution in [1.29, 1.82) is 0 Å². The van der Waals surface area contributed by atoms with Gasteiger partial charge in [-0.2, -0.15) is 19.7 Å². The highest BCUT2D eigenvalue weighted by Crippen LogP contribution is 2.37. The molecule has 2 unspecified atom stereocenters. The zero-order valence-corrected chi connectivity index (χ0v) is 15.0. The predicted octanol–water partition coefficient (Wildman–Crippen LogP) is 1.27. The molecule has 2 atom stereocenters. The van der Waals surface area contributed by atoms with Crippen molar-refractivity contribution in [1.82, 2.24) is 24.6 Å². The maximum atomic E-state index is 14.3. The quantitative estimate of drug-likeness (QED) is 0.838. The fourth-order valence-electron chi connectivity index (χ4n) is 3.69. The van der Waals surface area contributed by atoms with Crippen molar-refractivity contribution < 1.29 is 17.6 Å². The van der Waals surface area contributed by atoms with Gasteiger partial charge in [-0.25, -0.2) is 12.8 Å². The van der Waals surface area contributed by atoms with E-state index in [1.807, 2.05) is 0 Å². The van der Waals surface area contributed by atoms with Crippen LogP contribution in [-0.4, -0.2) is 64.1 Å². The second-order valence-electron chi connectivity index (χ2n) is 6.34. The van der Waals surface area contributed by atoms with E-state index in [1.165, 1.54) is 28.7 Å². The van der Waals surface area contributed by atoms with Gasteiger partial charge in [0.05, 0.1) is 11.2 Å². The van der Waals surface area contributed by atoms with Crippen molar-refractivity contribution >= 4 is 27.5 Å². The second-order valence-corrected chi connectivity index (χ2v) is 8.56. The topological polar surface area (TPSA) is 99.3 Å². The number of aromatic nitrogens is 3. The lowest BCUT2D eigenvalue weighted by atomic mass is 10.2. The van der Waals surface area contributed by atoms with E-state index in [1.54, 1.807) is 4.90 Å². The first kappa shape index (κ1) is 17.4. The summed E-state index contributed by atoms with van der Waals surface area (Å²) in [7, 11) is -4.05. The van der Waals surface area contributed by atoms with Crippen LogP contribution in [0.4, 0.5) is 4.39 Å². The predicted molar refractivity (Wildman–Crippen MR) is 89.5 cm³/mol. The second kappa shape index (κ2) is 6.29. The molecule has 1 amide bonds. The summed E-state index contributed by atoms with van der Waals surface area (Å²) < 4.78 is 41.7. The third-order valence-electron chi connectivity index (χ3n) is 4.81. The molecular weight excluding hydrogens is 385 g/mol. The Kier molecular flexibility index (Phi) is 4.20. The monoisotopic (exact) mass is 399 g/mol. The average molecular weight is 400 g/mol. The largest absolute Gasteiger partial charge is 0.334 e. The fourth-order valence-corrected chi connectivity index (χ4v) is 5.86. The number of carbonyl (C=O) groups is 1. The van der Waals surface area contributed by atoms with E-state index in [4.69, 9.17) is 11.6 Å². The Morgan fingerprint density at radius 1 is 1.27 bits per heavy atom. The number of nitrogens with zero attached hydrogens (tertiary/aromatic N) is 4. The molecule has 1 N–H and O–H groups in total. The van der Waals surface area contributed by atoms with Gasteiger partial charge in [-0.1, -0.05) is 17.7 Å². The molecule has 4 rings (SSSR count). The highest BCUT2D eigenvalue weighted by atomic mass is 35.5. The van der Waals surface area contributed by atoms with E-state index >= 15 is 0 Å². The molecule has 2 aliphatic heterocycles. The lowest BCUT2D eigenvalue weighted by molar-refractivity contribution is 0.0608. The standard InChI is InChI=1S/C15H15ClFN5O3S/c16-11-2-1-3-13(14(11)17)26(24,25)22-9-4-5-10(22)8-21(7-9)15(23)12-6-18-20-19-12/h1-3,6,9-10H,4-5,7-8H2,(H,18,19,20). The number of benzene rings is 1. The van der Waals surface area contributed by atoms with E-state index in [0.29, 0.717) is 12.8 Å². The summed E-state index contributed by atoms with van der Waals surface area (Å²) in [5.41, 5.74) is 0.182. The first-order chi connectivity index (χ1) is 12.4. The Morgan fingerprint density at radius 3 is 2.58 bits per heavy atom. The minimum Gasteiger partial charge on any atom is -0.334 e. The average Bonchev–Trinajstić information content (AvgIpc) is 3.23. The van der Waals surface area contributed by atoms with Gasteiger partial charge in [0.25, 0.3) is 5.91 Å². The van der Waals surface area contributed by atoms with Crippen LogP contribution in [0.2, 0.25) is 5.02 Å². The summed E-state index contributed by atoms with van der Waals surface area (Å²) in [5.74, 6) is -1.25. The van der Waals surface area contributed by atoms with E-state index in [9.17, 15) is 17.6 Å². The van der Waals surface area contributed by atoms with Crippen molar-refractivity contribution in [2.24, 2.45) is 0 Å². The minimum absolute atomic E-state index is 0.182. The summed E-state index contributed by atoms with van der Waals surface area (Å²) in [6.45, 7) is 0.452. The van der Waals surface area contributed by atoms with Crippen molar-refractivity contribution in [2.75, 3.05) is 13.1 Å². The Bertz CT molecular complexity index is 938. The third kappa shape index (κ3) is 2.68. The molecule has 2 aliphatic rings. The molecule has 3 heterocycles. The van der Waals surface area contributed by atoms with Crippen LogP contribution in [0.5, 0.6) is 0 Å². The molecule has 11 heteroatoms. The van der Waals surface area contributed by atoms with Crippen LogP contribution in [0.15, 0.2) is 29.3 Å². The van der Waals surface area contributed by atoms with Crippen molar-refractivity contribution in [2.45, 2.75) is 29.8 Å². The maximum Gasteiger partial charge on any atom is 0.276 e. The number of hydrogen-bond donors (Lipinski definition) is 1.